The first-order chi connectivity index (χ1) is 6.63. The molecule has 1 N–H and O–H groups in total. The summed E-state index contributed by atoms with van der Waals surface area (Å²) in [5, 5.41) is 7.43. The summed E-state index contributed by atoms with van der Waals surface area (Å²) < 4.78 is 5.55. The van der Waals surface area contributed by atoms with Crippen LogP contribution in [0.4, 0.5) is 0 Å². The summed E-state index contributed by atoms with van der Waals surface area (Å²) in [4.78, 5) is 4.52. The maximum Gasteiger partial charge on any atom is 0.0596 e. The predicted octanol–water partition coefficient (Wildman–Crippen LogP) is 2.44. The molecule has 3 heteroatoms. The highest BCUT2D eigenvalue weighted by Gasteiger charge is 2.24. The highest BCUT2D eigenvalue weighted by molar-refractivity contribution is 6.39. The first kappa shape index (κ1) is 11.4. The Hall–Kier alpha value is -0.700. The van der Waals surface area contributed by atoms with Gasteiger partial charge < -0.3 is 10.1 Å². The predicted molar refractivity (Wildman–Crippen MR) is 59.6 cm³/mol. The molecule has 0 bridgehead atoms. The van der Waals surface area contributed by atoms with Crippen LogP contribution in [0.5, 0.6) is 0 Å². The van der Waals surface area contributed by atoms with Crippen molar-refractivity contribution in [1.82, 2.24) is 0 Å². The summed E-state index contributed by atoms with van der Waals surface area (Å²) >= 11 is 0. The van der Waals surface area contributed by atoms with E-state index >= 15 is 0 Å². The SMILES string of the molecule is CCOC1CCC(N=C(C)C(C)=N)C1. The molecule has 0 aromatic carbocycles. The lowest BCUT2D eigenvalue weighted by Crippen LogP contribution is -2.12. The van der Waals surface area contributed by atoms with Crippen molar-refractivity contribution in [1.29, 1.82) is 5.41 Å². The Balaban J connectivity index is 2.42. The van der Waals surface area contributed by atoms with E-state index in [1.165, 1.54) is 0 Å². The van der Waals surface area contributed by atoms with E-state index in [9.17, 15) is 0 Å². The maximum absolute atomic E-state index is 7.43. The minimum atomic E-state index is 0.381. The van der Waals surface area contributed by atoms with Gasteiger partial charge in [-0.1, -0.05) is 0 Å². The van der Waals surface area contributed by atoms with E-state index in [0.29, 0.717) is 17.9 Å². The molecule has 3 nitrogen and oxygen atoms in total. The quantitative estimate of drug-likeness (QED) is 0.690. The zero-order valence-corrected chi connectivity index (χ0v) is 9.34. The molecule has 80 valence electrons. The number of hydrogen-bond donors (Lipinski definition) is 1. The zero-order chi connectivity index (χ0) is 10.6. The molecule has 2 unspecified atom stereocenters. The van der Waals surface area contributed by atoms with E-state index in [-0.39, 0.29) is 0 Å². The van der Waals surface area contributed by atoms with Gasteiger partial charge in [-0.15, -0.1) is 0 Å². The van der Waals surface area contributed by atoms with E-state index in [1.54, 1.807) is 6.92 Å². The fourth-order valence-electron chi connectivity index (χ4n) is 1.79. The molecule has 0 aromatic rings. The number of nitrogens with zero attached hydrogens (tertiary/aromatic N) is 1. The molecule has 0 spiro atoms. The Labute approximate surface area is 86.1 Å². The molecule has 0 saturated heterocycles. The number of hydrogen-bond acceptors (Lipinski definition) is 3. The van der Waals surface area contributed by atoms with Crippen LogP contribution in [-0.4, -0.2) is 30.2 Å². The third kappa shape index (κ3) is 3.22. The first-order valence-electron chi connectivity index (χ1n) is 5.35. The van der Waals surface area contributed by atoms with Gasteiger partial charge in [0.1, 0.15) is 0 Å². The Bertz CT molecular complexity index is 235. The molecule has 0 heterocycles. The molecule has 1 fully saturated rings. The van der Waals surface area contributed by atoms with Gasteiger partial charge in [0.15, 0.2) is 0 Å². The average molecular weight is 196 g/mol. The second-order valence-electron chi connectivity index (χ2n) is 3.88. The van der Waals surface area contributed by atoms with E-state index in [0.717, 1.165) is 31.6 Å². The van der Waals surface area contributed by atoms with Crippen molar-refractivity contribution in [2.24, 2.45) is 4.99 Å². The molecule has 2 atom stereocenters. The molecule has 1 saturated carbocycles. The number of aliphatic imine (C=N–C) groups is 1. The van der Waals surface area contributed by atoms with Gasteiger partial charge in [-0.3, -0.25) is 4.99 Å². The van der Waals surface area contributed by atoms with E-state index in [2.05, 4.69) is 4.99 Å². The van der Waals surface area contributed by atoms with Crippen LogP contribution >= 0.6 is 0 Å². The summed E-state index contributed by atoms with van der Waals surface area (Å²) in [6, 6.07) is 0.381. The van der Waals surface area contributed by atoms with E-state index < -0.39 is 0 Å². The molecule has 0 aliphatic heterocycles. The molecule has 0 radical (unpaired) electrons. The van der Waals surface area contributed by atoms with Crippen LogP contribution in [0.1, 0.15) is 40.0 Å². The fourth-order valence-corrected chi connectivity index (χ4v) is 1.79. The van der Waals surface area contributed by atoms with Gasteiger partial charge in [-0.25, -0.2) is 0 Å². The van der Waals surface area contributed by atoms with Crippen molar-refractivity contribution in [3.63, 3.8) is 0 Å². The van der Waals surface area contributed by atoms with Crippen molar-refractivity contribution in [2.45, 2.75) is 52.2 Å². The Morgan fingerprint density at radius 3 is 2.71 bits per heavy atom. The van der Waals surface area contributed by atoms with Gasteiger partial charge in [0.2, 0.25) is 0 Å². The average Bonchev–Trinajstić information content (AvgIpc) is 2.53. The second-order valence-corrected chi connectivity index (χ2v) is 3.88. The molecule has 14 heavy (non-hydrogen) atoms. The van der Waals surface area contributed by atoms with Crippen LogP contribution in [-0.2, 0) is 4.74 Å². The van der Waals surface area contributed by atoms with Crippen LogP contribution < -0.4 is 0 Å². The van der Waals surface area contributed by atoms with Gasteiger partial charge >= 0.3 is 0 Å². The Morgan fingerprint density at radius 2 is 2.14 bits per heavy atom. The summed E-state index contributed by atoms with van der Waals surface area (Å²) in [5.41, 5.74) is 1.44. The van der Waals surface area contributed by atoms with Crippen LogP contribution in [0.2, 0.25) is 0 Å². The fraction of sp³-hybridized carbons (Fsp3) is 0.818. The minimum absolute atomic E-state index is 0.381. The monoisotopic (exact) mass is 196 g/mol. The van der Waals surface area contributed by atoms with Gasteiger partial charge in [0, 0.05) is 12.3 Å². The first-order valence-corrected chi connectivity index (χ1v) is 5.35. The summed E-state index contributed by atoms with van der Waals surface area (Å²) in [6.07, 6.45) is 3.65. The van der Waals surface area contributed by atoms with Crippen molar-refractivity contribution < 1.29 is 4.74 Å². The molecule has 1 aliphatic rings. The third-order valence-electron chi connectivity index (χ3n) is 2.68. The topological polar surface area (TPSA) is 45.4 Å². The van der Waals surface area contributed by atoms with Crippen molar-refractivity contribution in [2.75, 3.05) is 6.61 Å². The summed E-state index contributed by atoms with van der Waals surface area (Å²) in [7, 11) is 0. The standard InChI is InChI=1S/C11H20N2O/c1-4-14-11-6-5-10(7-11)13-9(3)8(2)12/h10-12H,4-7H2,1-3H3. The molecule has 1 rings (SSSR count). The zero-order valence-electron chi connectivity index (χ0n) is 9.34. The van der Waals surface area contributed by atoms with Crippen molar-refractivity contribution in [3.05, 3.63) is 0 Å². The third-order valence-corrected chi connectivity index (χ3v) is 2.68. The molecular weight excluding hydrogens is 176 g/mol. The van der Waals surface area contributed by atoms with Crippen LogP contribution in [0.3, 0.4) is 0 Å². The maximum atomic E-state index is 7.43. The number of ether oxygens (including phenoxy) is 1. The largest absolute Gasteiger partial charge is 0.378 e. The summed E-state index contributed by atoms with van der Waals surface area (Å²) in [5.74, 6) is 0. The lowest BCUT2D eigenvalue weighted by molar-refractivity contribution is 0.0676. The van der Waals surface area contributed by atoms with Gasteiger partial charge in [0.05, 0.1) is 17.9 Å². The highest BCUT2D eigenvalue weighted by atomic mass is 16.5. The molecule has 0 aromatic heterocycles. The summed E-state index contributed by atoms with van der Waals surface area (Å²) in [6.45, 7) is 6.53. The molecule has 0 amide bonds. The smallest absolute Gasteiger partial charge is 0.0596 e. The molecule has 1 aliphatic carbocycles. The number of rotatable bonds is 4. The number of nitrogens with one attached hydrogen (secondary N) is 1. The van der Waals surface area contributed by atoms with Crippen LogP contribution in [0, 0.1) is 5.41 Å². The minimum Gasteiger partial charge on any atom is -0.378 e. The lowest BCUT2D eigenvalue weighted by Gasteiger charge is -2.09. The second kappa shape index (κ2) is 5.25. The van der Waals surface area contributed by atoms with Gasteiger partial charge in [-0.05, 0) is 40.0 Å². The van der Waals surface area contributed by atoms with Crippen LogP contribution in [0.15, 0.2) is 4.99 Å². The molecular formula is C11H20N2O. The van der Waals surface area contributed by atoms with Crippen molar-refractivity contribution >= 4 is 11.4 Å². The Morgan fingerprint density at radius 1 is 1.43 bits per heavy atom. The highest BCUT2D eigenvalue weighted by Crippen LogP contribution is 2.24. The van der Waals surface area contributed by atoms with Gasteiger partial charge in [-0.2, -0.15) is 0 Å². The van der Waals surface area contributed by atoms with E-state index in [1.807, 2.05) is 13.8 Å². The van der Waals surface area contributed by atoms with Crippen LogP contribution in [0.25, 0.3) is 0 Å². The van der Waals surface area contributed by atoms with E-state index in [4.69, 9.17) is 10.1 Å². The lowest BCUT2D eigenvalue weighted by atomic mass is 10.2. The van der Waals surface area contributed by atoms with Gasteiger partial charge in [0.25, 0.3) is 0 Å². The normalized spacial score (nSPS) is 28.1. The van der Waals surface area contributed by atoms with Crippen molar-refractivity contribution in [3.8, 4) is 0 Å². The Kier molecular flexibility index (Phi) is 4.26.